The van der Waals surface area contributed by atoms with E-state index in [1.165, 1.54) is 30.1 Å². The molecule has 0 aliphatic carbocycles. The van der Waals surface area contributed by atoms with E-state index in [1.807, 2.05) is 86.3 Å². The maximum absolute atomic E-state index is 14.8. The molecule has 5 rings (SSSR count). The lowest BCUT2D eigenvalue weighted by Crippen LogP contribution is -2.41. The average Bonchev–Trinajstić information content (AvgIpc) is 3.21. The lowest BCUT2D eigenvalue weighted by molar-refractivity contribution is 0.00578. The van der Waals surface area contributed by atoms with Crippen LogP contribution < -0.4 is 5.46 Å². The summed E-state index contributed by atoms with van der Waals surface area (Å²) in [4.78, 5) is 0.961. The number of aromatic nitrogens is 1. The van der Waals surface area contributed by atoms with E-state index in [4.69, 9.17) is 9.31 Å². The Hall–Kier alpha value is -2.61. The SMILES string of the molecule is CC1(C)OB(c2ccc3c(c2)cc(-c2c(F)cccc2F)n3Sc2ccccc2)OC1(C)C. The molecule has 0 unspecified atom stereocenters. The number of fused-ring (bicyclic) bond motifs is 1. The molecule has 7 heteroatoms. The Balaban J connectivity index is 1.65. The molecule has 0 saturated carbocycles. The van der Waals surface area contributed by atoms with Crippen LogP contribution >= 0.6 is 11.9 Å². The molecule has 33 heavy (non-hydrogen) atoms. The lowest BCUT2D eigenvalue weighted by atomic mass is 9.78. The van der Waals surface area contributed by atoms with Crippen LogP contribution in [0.25, 0.3) is 22.2 Å². The molecule has 0 N–H and O–H groups in total. The van der Waals surface area contributed by atoms with E-state index in [0.717, 1.165) is 21.3 Å². The molecule has 1 aliphatic heterocycles. The van der Waals surface area contributed by atoms with Gasteiger partial charge in [-0.3, -0.25) is 3.97 Å². The van der Waals surface area contributed by atoms with Gasteiger partial charge < -0.3 is 9.31 Å². The maximum Gasteiger partial charge on any atom is 0.494 e. The van der Waals surface area contributed by atoms with Crippen LogP contribution in [0.3, 0.4) is 0 Å². The van der Waals surface area contributed by atoms with E-state index in [1.54, 1.807) is 0 Å². The summed E-state index contributed by atoms with van der Waals surface area (Å²) in [5.41, 5.74) is 1.21. The molecule has 2 heterocycles. The number of benzene rings is 3. The fourth-order valence-corrected chi connectivity index (χ4v) is 4.93. The highest BCUT2D eigenvalue weighted by atomic mass is 32.2. The van der Waals surface area contributed by atoms with Crippen molar-refractivity contribution in [3.63, 3.8) is 0 Å². The smallest absolute Gasteiger partial charge is 0.399 e. The summed E-state index contributed by atoms with van der Waals surface area (Å²) < 4.78 is 43.8. The molecule has 0 bridgehead atoms. The highest BCUT2D eigenvalue weighted by Crippen LogP contribution is 2.39. The largest absolute Gasteiger partial charge is 0.494 e. The topological polar surface area (TPSA) is 23.4 Å². The first kappa shape index (κ1) is 22.2. The Bertz CT molecular complexity index is 1300. The summed E-state index contributed by atoms with van der Waals surface area (Å²) in [6.07, 6.45) is 0. The molecule has 1 aliphatic rings. The van der Waals surface area contributed by atoms with Crippen LogP contribution in [0.15, 0.2) is 77.7 Å². The first-order valence-corrected chi connectivity index (χ1v) is 11.6. The fraction of sp³-hybridized carbons (Fsp3) is 0.231. The third kappa shape index (κ3) is 3.88. The zero-order valence-corrected chi connectivity index (χ0v) is 19.7. The number of hydrogen-bond acceptors (Lipinski definition) is 3. The van der Waals surface area contributed by atoms with Gasteiger partial charge in [-0.25, -0.2) is 8.78 Å². The van der Waals surface area contributed by atoms with Gasteiger partial charge in [0.05, 0.1) is 28.0 Å². The van der Waals surface area contributed by atoms with E-state index >= 15 is 0 Å². The second kappa shape index (κ2) is 8.01. The van der Waals surface area contributed by atoms with Gasteiger partial charge in [-0.2, -0.15) is 0 Å². The Kier molecular flexibility index (Phi) is 5.39. The molecular weight excluding hydrogens is 439 g/mol. The van der Waals surface area contributed by atoms with Gasteiger partial charge in [0.25, 0.3) is 0 Å². The summed E-state index contributed by atoms with van der Waals surface area (Å²) in [5.74, 6) is -1.20. The Morgan fingerprint density at radius 3 is 2.06 bits per heavy atom. The second-order valence-electron chi connectivity index (χ2n) is 9.23. The van der Waals surface area contributed by atoms with Crippen LogP contribution in [0.2, 0.25) is 0 Å². The predicted molar refractivity (Wildman–Crippen MR) is 131 cm³/mol. The predicted octanol–water partition coefficient (Wildman–Crippen LogP) is 6.44. The molecule has 3 nitrogen and oxygen atoms in total. The van der Waals surface area contributed by atoms with Crippen LogP contribution in [0.5, 0.6) is 0 Å². The molecule has 1 aromatic heterocycles. The highest BCUT2D eigenvalue weighted by Gasteiger charge is 2.51. The van der Waals surface area contributed by atoms with Crippen LogP contribution in [0, 0.1) is 11.6 Å². The van der Waals surface area contributed by atoms with Crippen molar-refractivity contribution in [2.75, 3.05) is 0 Å². The summed E-state index contributed by atoms with van der Waals surface area (Å²) in [6.45, 7) is 8.05. The van der Waals surface area contributed by atoms with E-state index in [9.17, 15) is 8.78 Å². The number of halogens is 2. The average molecular weight is 463 g/mol. The quantitative estimate of drug-likeness (QED) is 0.326. The standard InChI is InChI=1S/C26H24BF2NO2S/c1-25(2)26(3,4)32-27(31-25)18-13-14-22-17(15-18)16-23(24-20(28)11-8-12-21(24)29)30(22)33-19-9-6-5-7-10-19/h5-16H,1-4H3. The minimum absolute atomic E-state index is 0.0469. The lowest BCUT2D eigenvalue weighted by Gasteiger charge is -2.32. The van der Waals surface area contributed by atoms with Crippen molar-refractivity contribution in [2.45, 2.75) is 43.8 Å². The van der Waals surface area contributed by atoms with Gasteiger partial charge in [0, 0.05) is 10.3 Å². The molecule has 1 saturated heterocycles. The molecular formula is C26H24BF2NO2S. The zero-order valence-electron chi connectivity index (χ0n) is 18.9. The molecule has 0 amide bonds. The number of nitrogens with zero attached hydrogens (tertiary/aromatic N) is 1. The van der Waals surface area contributed by atoms with Crippen molar-refractivity contribution in [3.8, 4) is 11.3 Å². The Labute approximate surface area is 197 Å². The van der Waals surface area contributed by atoms with Crippen molar-refractivity contribution in [3.05, 3.63) is 84.4 Å². The molecule has 168 valence electrons. The summed E-state index contributed by atoms with van der Waals surface area (Å²) in [5, 5.41) is 0.850. The van der Waals surface area contributed by atoms with Gasteiger partial charge in [-0.05, 0) is 81.5 Å². The van der Waals surface area contributed by atoms with Gasteiger partial charge in [-0.1, -0.05) is 36.4 Å². The minimum Gasteiger partial charge on any atom is -0.399 e. The van der Waals surface area contributed by atoms with E-state index in [2.05, 4.69) is 0 Å². The fourth-order valence-electron chi connectivity index (χ4n) is 3.94. The first-order chi connectivity index (χ1) is 15.7. The number of hydrogen-bond donors (Lipinski definition) is 0. The Morgan fingerprint density at radius 1 is 0.788 bits per heavy atom. The molecule has 0 radical (unpaired) electrons. The Morgan fingerprint density at radius 2 is 1.42 bits per heavy atom. The van der Waals surface area contributed by atoms with Crippen LogP contribution in [-0.2, 0) is 9.31 Å². The van der Waals surface area contributed by atoms with Gasteiger partial charge in [0.1, 0.15) is 11.6 Å². The van der Waals surface area contributed by atoms with Gasteiger partial charge >= 0.3 is 7.12 Å². The summed E-state index contributed by atoms with van der Waals surface area (Å²) >= 11 is 1.42. The third-order valence-electron chi connectivity index (χ3n) is 6.47. The number of rotatable bonds is 4. The van der Waals surface area contributed by atoms with E-state index in [0.29, 0.717) is 5.69 Å². The van der Waals surface area contributed by atoms with Crippen molar-refractivity contribution >= 4 is 35.4 Å². The van der Waals surface area contributed by atoms with Gasteiger partial charge in [0.2, 0.25) is 0 Å². The van der Waals surface area contributed by atoms with Gasteiger partial charge in [-0.15, -0.1) is 0 Å². The van der Waals surface area contributed by atoms with E-state index < -0.39 is 30.0 Å². The molecule has 1 fully saturated rings. The van der Waals surface area contributed by atoms with Crippen molar-refractivity contribution < 1.29 is 18.1 Å². The van der Waals surface area contributed by atoms with Crippen LogP contribution in [0.4, 0.5) is 8.78 Å². The third-order valence-corrected chi connectivity index (χ3v) is 7.52. The van der Waals surface area contributed by atoms with Gasteiger partial charge in [0.15, 0.2) is 0 Å². The molecule has 0 spiro atoms. The van der Waals surface area contributed by atoms with Crippen LogP contribution in [-0.4, -0.2) is 22.3 Å². The van der Waals surface area contributed by atoms with E-state index in [-0.39, 0.29) is 5.56 Å². The first-order valence-electron chi connectivity index (χ1n) is 10.9. The van der Waals surface area contributed by atoms with Crippen molar-refractivity contribution in [1.29, 1.82) is 0 Å². The molecule has 3 aromatic carbocycles. The normalized spacial score (nSPS) is 17.1. The van der Waals surface area contributed by atoms with Crippen molar-refractivity contribution in [2.24, 2.45) is 0 Å². The second-order valence-corrected chi connectivity index (χ2v) is 10.3. The summed E-state index contributed by atoms with van der Waals surface area (Å²) in [7, 11) is -0.516. The monoisotopic (exact) mass is 463 g/mol. The highest BCUT2D eigenvalue weighted by molar-refractivity contribution is 7.98. The van der Waals surface area contributed by atoms with Crippen LogP contribution in [0.1, 0.15) is 27.7 Å². The zero-order chi connectivity index (χ0) is 23.4. The molecule has 0 atom stereocenters. The van der Waals surface area contributed by atoms with Crippen molar-refractivity contribution in [1.82, 2.24) is 3.97 Å². The minimum atomic E-state index is -0.598. The molecule has 4 aromatic rings. The maximum atomic E-state index is 14.8. The summed E-state index contributed by atoms with van der Waals surface area (Å²) in [6, 6.07) is 21.4.